The number of nitrogens with zero attached hydrogens (tertiary/aromatic N) is 1. The minimum Gasteiger partial charge on any atom is -0.399 e. The number of aromatic nitrogens is 1. The van der Waals surface area contributed by atoms with Gasteiger partial charge in [0.1, 0.15) is 0 Å². The van der Waals surface area contributed by atoms with E-state index in [0.29, 0.717) is 5.92 Å². The summed E-state index contributed by atoms with van der Waals surface area (Å²) in [5.41, 5.74) is 3.12. The molecule has 39 heavy (non-hydrogen) atoms. The van der Waals surface area contributed by atoms with Crippen LogP contribution in [0.15, 0.2) is 36.4 Å². The molecule has 5 rings (SSSR count). The molecule has 0 saturated carbocycles. The molecular weight excluding hydrogens is 485 g/mol. The highest BCUT2D eigenvalue weighted by Gasteiger charge is 2.52. The van der Waals surface area contributed by atoms with Crippen LogP contribution in [-0.4, -0.2) is 34.1 Å². The summed E-state index contributed by atoms with van der Waals surface area (Å²) in [6, 6.07) is 13.4. The Morgan fingerprint density at radius 1 is 0.769 bits per heavy atom. The first-order chi connectivity index (χ1) is 18.2. The zero-order valence-electron chi connectivity index (χ0n) is 25.8. The number of fused-ring (bicyclic) bond motifs is 3. The van der Waals surface area contributed by atoms with E-state index in [1.165, 1.54) is 41.1 Å². The lowest BCUT2D eigenvalue weighted by molar-refractivity contribution is -0.0895. The second-order valence-corrected chi connectivity index (χ2v) is 13.8. The highest BCUT2D eigenvalue weighted by Crippen LogP contribution is 2.45. The molecule has 2 saturated heterocycles. The van der Waals surface area contributed by atoms with Crippen molar-refractivity contribution in [2.24, 2.45) is 5.92 Å². The van der Waals surface area contributed by atoms with E-state index in [4.69, 9.17) is 18.8 Å². The molecule has 5 nitrogen and oxygen atoms in total. The van der Waals surface area contributed by atoms with Crippen LogP contribution in [0.2, 0.25) is 0 Å². The first-order valence-electron chi connectivity index (χ1n) is 15.0. The van der Waals surface area contributed by atoms with Gasteiger partial charge in [0.05, 0.1) is 22.4 Å². The average molecular weight is 534 g/mol. The molecule has 2 aliphatic heterocycles. The maximum Gasteiger partial charge on any atom is 0.494 e. The Morgan fingerprint density at radius 3 is 1.90 bits per heavy atom. The summed E-state index contributed by atoms with van der Waals surface area (Å²) in [6.45, 7) is 22.5. The van der Waals surface area contributed by atoms with Gasteiger partial charge in [0.2, 0.25) is 0 Å². The van der Waals surface area contributed by atoms with E-state index in [1.807, 2.05) is 0 Å². The Hall–Kier alpha value is -1.86. The molecule has 3 heterocycles. The third-order valence-electron chi connectivity index (χ3n) is 9.95. The SMILES string of the molecule is CCCCC(CC)Cn1c2cc(B3OC(C)(C)C(C)(C)O3)ccc2c2ccc(C3OC(C)(C)C(C)(C)O3)cc21. The van der Waals surface area contributed by atoms with Gasteiger partial charge in [-0.2, -0.15) is 0 Å². The predicted octanol–water partition coefficient (Wildman–Crippen LogP) is 7.91. The lowest BCUT2D eigenvalue weighted by Crippen LogP contribution is -2.41. The van der Waals surface area contributed by atoms with Gasteiger partial charge in [-0.25, -0.2) is 0 Å². The Kier molecular flexibility index (Phi) is 7.28. The summed E-state index contributed by atoms with van der Waals surface area (Å²) < 4.78 is 28.2. The summed E-state index contributed by atoms with van der Waals surface area (Å²) in [7, 11) is -0.381. The zero-order chi connectivity index (χ0) is 28.4. The molecule has 3 aromatic rings. The lowest BCUT2D eigenvalue weighted by Gasteiger charge is -2.32. The normalized spacial score (nSPS) is 22.8. The number of unbranched alkanes of at least 4 members (excludes halogenated alkanes) is 1. The van der Waals surface area contributed by atoms with E-state index < -0.39 is 0 Å². The quantitative estimate of drug-likeness (QED) is 0.276. The van der Waals surface area contributed by atoms with Crippen molar-refractivity contribution in [3.05, 3.63) is 42.0 Å². The lowest BCUT2D eigenvalue weighted by atomic mass is 9.79. The fourth-order valence-electron chi connectivity index (χ4n) is 5.75. The summed E-state index contributed by atoms with van der Waals surface area (Å²) in [5, 5.41) is 2.52. The molecule has 2 aliphatic rings. The highest BCUT2D eigenvalue weighted by atomic mass is 16.7. The molecule has 2 aromatic carbocycles. The van der Waals surface area contributed by atoms with E-state index >= 15 is 0 Å². The van der Waals surface area contributed by atoms with E-state index in [9.17, 15) is 0 Å². The van der Waals surface area contributed by atoms with Gasteiger partial charge >= 0.3 is 7.12 Å². The molecule has 0 amide bonds. The molecule has 0 bridgehead atoms. The van der Waals surface area contributed by atoms with Gasteiger partial charge in [-0.05, 0) is 85.3 Å². The maximum absolute atomic E-state index is 6.43. The highest BCUT2D eigenvalue weighted by molar-refractivity contribution is 6.62. The third kappa shape index (κ3) is 4.96. The second kappa shape index (κ2) is 9.90. The molecule has 0 radical (unpaired) electrons. The van der Waals surface area contributed by atoms with Crippen molar-refractivity contribution in [3.63, 3.8) is 0 Å². The largest absolute Gasteiger partial charge is 0.494 e. The first kappa shape index (κ1) is 28.7. The number of rotatable bonds is 8. The maximum atomic E-state index is 6.43. The standard InChI is InChI=1S/C33H48BNO4/c1-11-13-14-22(12-2)21-35-27-19-23(29-36-30(3,4)31(5,6)37-29)15-17-25(27)26-18-16-24(20-28(26)35)34-38-32(7,8)33(9,10)39-34/h15-20,22,29H,11-14,21H2,1-10H3. The predicted molar refractivity (Wildman–Crippen MR) is 162 cm³/mol. The summed E-state index contributed by atoms with van der Waals surface area (Å²) in [4.78, 5) is 0. The minimum absolute atomic E-state index is 0.371. The fourth-order valence-corrected chi connectivity index (χ4v) is 5.75. The number of benzene rings is 2. The smallest absolute Gasteiger partial charge is 0.399 e. The van der Waals surface area contributed by atoms with Crippen LogP contribution in [0.3, 0.4) is 0 Å². The number of hydrogen-bond acceptors (Lipinski definition) is 4. The van der Waals surface area contributed by atoms with Crippen LogP contribution in [0.5, 0.6) is 0 Å². The van der Waals surface area contributed by atoms with Crippen LogP contribution in [0, 0.1) is 5.92 Å². The van der Waals surface area contributed by atoms with Crippen LogP contribution in [0.1, 0.15) is 107 Å². The van der Waals surface area contributed by atoms with Crippen LogP contribution >= 0.6 is 0 Å². The molecule has 0 N–H and O–H groups in total. The summed E-state index contributed by atoms with van der Waals surface area (Å²) in [5.74, 6) is 0.616. The van der Waals surface area contributed by atoms with Crippen molar-refractivity contribution in [1.29, 1.82) is 0 Å². The molecular formula is C33H48BNO4. The van der Waals surface area contributed by atoms with Gasteiger partial charge in [0.25, 0.3) is 0 Å². The van der Waals surface area contributed by atoms with E-state index in [1.54, 1.807) is 0 Å². The average Bonchev–Trinajstić information content (AvgIpc) is 3.37. The van der Waals surface area contributed by atoms with Crippen molar-refractivity contribution in [3.8, 4) is 0 Å². The van der Waals surface area contributed by atoms with Crippen LogP contribution < -0.4 is 5.46 Å². The van der Waals surface area contributed by atoms with Crippen LogP contribution in [0.4, 0.5) is 0 Å². The van der Waals surface area contributed by atoms with Crippen LogP contribution in [-0.2, 0) is 25.3 Å². The second-order valence-electron chi connectivity index (χ2n) is 13.8. The van der Waals surface area contributed by atoms with Crippen molar-refractivity contribution < 1.29 is 18.8 Å². The Balaban J connectivity index is 1.61. The van der Waals surface area contributed by atoms with E-state index in [2.05, 4.69) is 110 Å². The van der Waals surface area contributed by atoms with Crippen molar-refractivity contribution >= 4 is 34.4 Å². The molecule has 1 unspecified atom stereocenters. The molecule has 0 aliphatic carbocycles. The van der Waals surface area contributed by atoms with Gasteiger partial charge in [0, 0.05) is 33.9 Å². The molecule has 0 spiro atoms. The first-order valence-corrected chi connectivity index (χ1v) is 15.0. The van der Waals surface area contributed by atoms with Gasteiger partial charge < -0.3 is 23.3 Å². The van der Waals surface area contributed by atoms with Crippen molar-refractivity contribution in [1.82, 2.24) is 4.57 Å². The topological polar surface area (TPSA) is 41.9 Å². The van der Waals surface area contributed by atoms with Gasteiger partial charge in [0.15, 0.2) is 6.29 Å². The molecule has 6 heteroatoms. The Labute approximate surface area is 235 Å². The Morgan fingerprint density at radius 2 is 1.33 bits per heavy atom. The van der Waals surface area contributed by atoms with E-state index in [0.717, 1.165) is 24.0 Å². The molecule has 212 valence electrons. The number of ether oxygens (including phenoxy) is 2. The fraction of sp³-hybridized carbons (Fsp3) is 0.636. The van der Waals surface area contributed by atoms with Gasteiger partial charge in [-0.3, -0.25) is 0 Å². The summed E-state index contributed by atoms with van der Waals surface area (Å²) >= 11 is 0. The van der Waals surface area contributed by atoms with Crippen molar-refractivity contribution in [2.75, 3.05) is 0 Å². The third-order valence-corrected chi connectivity index (χ3v) is 9.95. The van der Waals surface area contributed by atoms with Gasteiger partial charge in [-0.1, -0.05) is 57.4 Å². The van der Waals surface area contributed by atoms with Crippen molar-refractivity contribution in [2.45, 2.75) is 130 Å². The Bertz CT molecular complexity index is 1230. The minimum atomic E-state index is -0.381. The van der Waals surface area contributed by atoms with Crippen LogP contribution in [0.25, 0.3) is 21.8 Å². The molecule has 1 aromatic heterocycles. The van der Waals surface area contributed by atoms with E-state index in [-0.39, 0.29) is 35.8 Å². The molecule has 1 atom stereocenters. The monoisotopic (exact) mass is 533 g/mol. The molecule has 2 fully saturated rings. The zero-order valence-corrected chi connectivity index (χ0v) is 25.8. The summed E-state index contributed by atoms with van der Waals surface area (Å²) in [6.07, 6.45) is 4.50. The number of hydrogen-bond donors (Lipinski definition) is 0. The van der Waals surface area contributed by atoms with Gasteiger partial charge in [-0.15, -0.1) is 0 Å².